The van der Waals surface area contributed by atoms with Crippen LogP contribution in [-0.2, 0) is 14.3 Å². The van der Waals surface area contributed by atoms with Gasteiger partial charge in [-0.05, 0) is 39.5 Å². The summed E-state index contributed by atoms with van der Waals surface area (Å²) in [6.07, 6.45) is 5.30. The number of nitrogens with zero attached hydrogens (tertiary/aromatic N) is 3. The number of ketones is 1. The van der Waals surface area contributed by atoms with Gasteiger partial charge in [0.15, 0.2) is 11.6 Å². The summed E-state index contributed by atoms with van der Waals surface area (Å²) in [4.78, 5) is 28.9. The van der Waals surface area contributed by atoms with Crippen LogP contribution < -0.4 is 10.6 Å². The average Bonchev–Trinajstić information content (AvgIpc) is 3.06. The molecule has 3 heterocycles. The van der Waals surface area contributed by atoms with Crippen molar-refractivity contribution in [2.24, 2.45) is 16.8 Å². The van der Waals surface area contributed by atoms with Crippen LogP contribution in [0.1, 0.15) is 51.1 Å². The normalized spacial score (nSPS) is 25.8. The third-order valence-electron chi connectivity index (χ3n) is 6.07. The van der Waals surface area contributed by atoms with Crippen molar-refractivity contribution in [1.82, 2.24) is 20.4 Å². The molecule has 3 aliphatic rings. The first-order valence-electron chi connectivity index (χ1n) is 9.96. The highest BCUT2D eigenvalue weighted by Crippen LogP contribution is 2.40. The zero-order valence-electron chi connectivity index (χ0n) is 16.4. The summed E-state index contributed by atoms with van der Waals surface area (Å²) < 4.78 is 7.44. The van der Waals surface area contributed by atoms with Crippen molar-refractivity contribution in [2.75, 3.05) is 13.2 Å². The van der Waals surface area contributed by atoms with E-state index in [1.807, 2.05) is 4.68 Å². The summed E-state index contributed by atoms with van der Waals surface area (Å²) >= 11 is 0. The van der Waals surface area contributed by atoms with Crippen LogP contribution in [0, 0.1) is 11.8 Å². The van der Waals surface area contributed by atoms with Crippen molar-refractivity contribution < 1.29 is 14.3 Å². The van der Waals surface area contributed by atoms with Gasteiger partial charge in [-0.1, -0.05) is 6.58 Å². The van der Waals surface area contributed by atoms with Gasteiger partial charge < -0.3 is 15.4 Å². The summed E-state index contributed by atoms with van der Waals surface area (Å²) in [5.41, 5.74) is 1.67. The number of aliphatic imine (C=N–C) groups is 1. The number of ether oxygens (including phenoxy) is 1. The molecule has 1 aromatic heterocycles. The second-order valence-corrected chi connectivity index (χ2v) is 7.90. The Morgan fingerprint density at radius 1 is 1.32 bits per heavy atom. The van der Waals surface area contributed by atoms with E-state index in [4.69, 9.17) is 9.73 Å². The fourth-order valence-corrected chi connectivity index (χ4v) is 3.98. The molecule has 0 spiro atoms. The first-order valence-corrected chi connectivity index (χ1v) is 9.96. The number of carbonyl (C=O) groups excluding carboxylic acids is 2. The second-order valence-electron chi connectivity index (χ2n) is 7.90. The summed E-state index contributed by atoms with van der Waals surface area (Å²) in [5, 5.41) is 10.7. The number of hydrogen-bond acceptors (Lipinski definition) is 6. The first kappa shape index (κ1) is 18.9. The summed E-state index contributed by atoms with van der Waals surface area (Å²) in [6, 6.07) is -0.197. The molecule has 3 atom stereocenters. The molecule has 1 aliphatic carbocycles. The van der Waals surface area contributed by atoms with Crippen molar-refractivity contribution >= 4 is 29.0 Å². The van der Waals surface area contributed by atoms with E-state index >= 15 is 0 Å². The van der Waals surface area contributed by atoms with Gasteiger partial charge in [-0.25, -0.2) is 9.67 Å². The smallest absolute Gasteiger partial charge is 0.224 e. The van der Waals surface area contributed by atoms with Crippen LogP contribution in [-0.4, -0.2) is 46.6 Å². The number of Topliss-reactive ketones (excluding diaryl/α,β-unsaturated/α-hetero) is 1. The van der Waals surface area contributed by atoms with E-state index in [1.165, 1.54) is 6.92 Å². The molecule has 8 nitrogen and oxygen atoms in total. The summed E-state index contributed by atoms with van der Waals surface area (Å²) in [5.74, 6) is 1.28. The molecule has 1 saturated heterocycles. The van der Waals surface area contributed by atoms with Gasteiger partial charge in [0.2, 0.25) is 5.91 Å². The molecule has 2 aliphatic heterocycles. The number of aromatic nitrogens is 2. The van der Waals surface area contributed by atoms with Gasteiger partial charge in [0.05, 0.1) is 23.8 Å². The number of hydrogen-bond donors (Lipinski definition) is 2. The predicted molar refractivity (Wildman–Crippen MR) is 105 cm³/mol. The molecule has 2 N–H and O–H groups in total. The van der Waals surface area contributed by atoms with Gasteiger partial charge in [0.1, 0.15) is 5.84 Å². The SMILES string of the molecule is C=C1NC([C@@H]2CC[C@H]2C(=O)NC(C)C(C)=O)=Nc2c1cnn2C1CCOCC1. The Balaban J connectivity index is 1.55. The maximum atomic E-state index is 12.6. The van der Waals surface area contributed by atoms with E-state index in [0.29, 0.717) is 0 Å². The molecule has 1 amide bonds. The standard InChI is InChI=1S/C20H27N5O3/c1-11(13(3)26)23-20(27)16-5-4-15(16)18-22-12(2)17-10-21-25(19(17)24-18)14-6-8-28-9-7-14/h10-11,14-16H,2,4-9H2,1,3H3,(H,22,24)(H,23,27)/t11?,15-,16-/m1/s1. The van der Waals surface area contributed by atoms with E-state index in [9.17, 15) is 9.59 Å². The third kappa shape index (κ3) is 3.37. The Hall–Kier alpha value is -2.48. The Kier molecular flexibility index (Phi) is 5.05. The highest BCUT2D eigenvalue weighted by Gasteiger charge is 2.42. The van der Waals surface area contributed by atoms with Crippen LogP contribution in [0.15, 0.2) is 17.8 Å². The minimum atomic E-state index is -0.466. The predicted octanol–water partition coefficient (Wildman–Crippen LogP) is 1.96. The van der Waals surface area contributed by atoms with E-state index in [1.54, 1.807) is 13.1 Å². The number of amidine groups is 1. The fraction of sp³-hybridized carbons (Fsp3) is 0.600. The second kappa shape index (κ2) is 7.50. The van der Waals surface area contributed by atoms with E-state index < -0.39 is 6.04 Å². The van der Waals surface area contributed by atoms with Crippen LogP contribution in [0.5, 0.6) is 0 Å². The van der Waals surface area contributed by atoms with Gasteiger partial charge in [0.25, 0.3) is 0 Å². The number of amides is 1. The Labute approximate surface area is 164 Å². The monoisotopic (exact) mass is 385 g/mol. The highest BCUT2D eigenvalue weighted by atomic mass is 16.5. The number of rotatable bonds is 5. The van der Waals surface area contributed by atoms with E-state index in [2.05, 4.69) is 22.3 Å². The quantitative estimate of drug-likeness (QED) is 0.807. The van der Waals surface area contributed by atoms with Crippen LogP contribution >= 0.6 is 0 Å². The summed E-state index contributed by atoms with van der Waals surface area (Å²) in [6.45, 7) is 8.79. The zero-order chi connectivity index (χ0) is 19.8. The van der Waals surface area contributed by atoms with Gasteiger partial charge in [-0.2, -0.15) is 5.10 Å². The Morgan fingerprint density at radius 3 is 2.71 bits per heavy atom. The highest BCUT2D eigenvalue weighted by molar-refractivity contribution is 6.01. The molecule has 1 saturated carbocycles. The zero-order valence-corrected chi connectivity index (χ0v) is 16.4. The molecular formula is C20H27N5O3. The summed E-state index contributed by atoms with van der Waals surface area (Å²) in [7, 11) is 0. The Morgan fingerprint density at radius 2 is 2.07 bits per heavy atom. The molecule has 4 rings (SSSR count). The average molecular weight is 385 g/mol. The molecule has 0 aromatic carbocycles. The minimum Gasteiger partial charge on any atom is -0.381 e. The maximum absolute atomic E-state index is 12.6. The van der Waals surface area contributed by atoms with Crippen LogP contribution in [0.4, 0.5) is 5.82 Å². The molecule has 2 fully saturated rings. The van der Waals surface area contributed by atoms with Crippen LogP contribution in [0.25, 0.3) is 5.70 Å². The molecule has 0 radical (unpaired) electrons. The largest absolute Gasteiger partial charge is 0.381 e. The molecule has 1 aromatic rings. The molecule has 28 heavy (non-hydrogen) atoms. The lowest BCUT2D eigenvalue weighted by Gasteiger charge is -2.38. The van der Waals surface area contributed by atoms with Gasteiger partial charge in [-0.15, -0.1) is 0 Å². The topological polar surface area (TPSA) is 97.6 Å². The third-order valence-corrected chi connectivity index (χ3v) is 6.07. The minimum absolute atomic E-state index is 0.00194. The van der Waals surface area contributed by atoms with Crippen molar-refractivity contribution in [3.8, 4) is 0 Å². The van der Waals surface area contributed by atoms with E-state index in [-0.39, 0.29) is 29.6 Å². The van der Waals surface area contributed by atoms with Crippen molar-refractivity contribution in [3.05, 3.63) is 18.3 Å². The van der Waals surface area contributed by atoms with Crippen LogP contribution in [0.3, 0.4) is 0 Å². The first-order chi connectivity index (χ1) is 13.5. The maximum Gasteiger partial charge on any atom is 0.224 e. The number of fused-ring (bicyclic) bond motifs is 1. The number of carbonyl (C=O) groups is 2. The fourth-order valence-electron chi connectivity index (χ4n) is 3.98. The van der Waals surface area contributed by atoms with E-state index in [0.717, 1.165) is 61.8 Å². The van der Waals surface area contributed by atoms with Gasteiger partial charge in [-0.3, -0.25) is 9.59 Å². The molecule has 1 unspecified atom stereocenters. The number of nitrogens with one attached hydrogen (secondary N) is 2. The molecule has 0 bridgehead atoms. The molecule has 8 heteroatoms. The Bertz CT molecular complexity index is 837. The molecule has 150 valence electrons. The van der Waals surface area contributed by atoms with Crippen molar-refractivity contribution in [2.45, 2.75) is 51.6 Å². The molecular weight excluding hydrogens is 358 g/mol. The van der Waals surface area contributed by atoms with Crippen molar-refractivity contribution in [3.63, 3.8) is 0 Å². The lowest BCUT2D eigenvalue weighted by Crippen LogP contribution is -2.50. The van der Waals surface area contributed by atoms with Crippen LogP contribution in [0.2, 0.25) is 0 Å². The van der Waals surface area contributed by atoms with Gasteiger partial charge >= 0.3 is 0 Å². The lowest BCUT2D eigenvalue weighted by molar-refractivity contribution is -0.132. The van der Waals surface area contributed by atoms with Gasteiger partial charge in [0, 0.05) is 30.7 Å². The lowest BCUT2D eigenvalue weighted by atomic mass is 9.72. The van der Waals surface area contributed by atoms with Crippen molar-refractivity contribution in [1.29, 1.82) is 0 Å².